The first-order valence-corrected chi connectivity index (χ1v) is 13.3. The van der Waals surface area contributed by atoms with Gasteiger partial charge in [-0.25, -0.2) is 0 Å². The van der Waals surface area contributed by atoms with Gasteiger partial charge in [0.15, 0.2) is 8.32 Å². The summed E-state index contributed by atoms with van der Waals surface area (Å²) in [7, 11) is -1.68. The van der Waals surface area contributed by atoms with Gasteiger partial charge in [0.05, 0.1) is 0 Å². The zero-order chi connectivity index (χ0) is 20.2. The van der Waals surface area contributed by atoms with Crippen LogP contribution in [0.3, 0.4) is 0 Å². The van der Waals surface area contributed by atoms with Crippen molar-refractivity contribution < 1.29 is 18.8 Å². The van der Waals surface area contributed by atoms with Gasteiger partial charge in [-0.05, 0) is 68.1 Å². The smallest absolute Gasteiger partial charge is 0.313 e. The van der Waals surface area contributed by atoms with E-state index < -0.39 is 14.3 Å². The van der Waals surface area contributed by atoms with Gasteiger partial charge in [0.25, 0.3) is 0 Å². The molecule has 27 heavy (non-hydrogen) atoms. The molecule has 0 spiro atoms. The molecule has 2 fully saturated rings. The molecule has 4 nitrogen and oxygen atoms in total. The molecule has 0 bridgehead atoms. The van der Waals surface area contributed by atoms with Crippen LogP contribution in [0.25, 0.3) is 0 Å². The highest BCUT2D eigenvalue weighted by atomic mass is 28.4. The third-order valence-corrected chi connectivity index (χ3v) is 11.9. The zero-order valence-corrected chi connectivity index (χ0v) is 19.1. The number of hydrogen-bond acceptors (Lipinski definition) is 4. The molecule has 0 heterocycles. The molecule has 0 saturated heterocycles. The van der Waals surface area contributed by atoms with Crippen LogP contribution in [0.2, 0.25) is 18.1 Å². The Kier molecular flexibility index (Phi) is 7.48. The minimum Gasteiger partial charge on any atom is -0.457 e. The van der Waals surface area contributed by atoms with Gasteiger partial charge in [0, 0.05) is 6.10 Å². The summed E-state index contributed by atoms with van der Waals surface area (Å²) in [5.74, 6) is -0.149. The van der Waals surface area contributed by atoms with E-state index in [-0.39, 0.29) is 29.8 Å². The molecule has 0 aromatic rings. The van der Waals surface area contributed by atoms with Gasteiger partial charge < -0.3 is 9.16 Å². The summed E-state index contributed by atoms with van der Waals surface area (Å²) in [4.78, 5) is 23.4. The SMILES string of the molecule is C/C=C1/[C@H](OC(=O)CC(C)=O)C[C@H]2[C@@H](O[Si](CC)(CC)CC)CCC[C@]12C. The van der Waals surface area contributed by atoms with Crippen molar-refractivity contribution in [1.82, 2.24) is 0 Å². The van der Waals surface area contributed by atoms with Crippen LogP contribution in [-0.2, 0) is 18.8 Å². The van der Waals surface area contributed by atoms with Crippen LogP contribution in [-0.4, -0.2) is 32.3 Å². The number of allylic oxidation sites excluding steroid dienone is 1. The average Bonchev–Trinajstić information content (AvgIpc) is 2.90. The average molecular weight is 395 g/mol. The van der Waals surface area contributed by atoms with E-state index in [2.05, 4.69) is 33.8 Å². The van der Waals surface area contributed by atoms with Crippen molar-refractivity contribution >= 4 is 20.1 Å². The van der Waals surface area contributed by atoms with Crippen LogP contribution < -0.4 is 0 Å². The minimum absolute atomic E-state index is 0.0359. The van der Waals surface area contributed by atoms with Gasteiger partial charge >= 0.3 is 5.97 Å². The summed E-state index contributed by atoms with van der Waals surface area (Å²) >= 11 is 0. The van der Waals surface area contributed by atoms with Crippen LogP contribution >= 0.6 is 0 Å². The molecule has 0 aliphatic heterocycles. The molecular formula is C22H38O4Si. The maximum atomic E-state index is 12.1. The highest BCUT2D eigenvalue weighted by Crippen LogP contribution is 2.57. The van der Waals surface area contributed by atoms with E-state index in [9.17, 15) is 9.59 Å². The molecule has 0 amide bonds. The molecule has 5 heteroatoms. The van der Waals surface area contributed by atoms with E-state index in [1.807, 2.05) is 6.92 Å². The van der Waals surface area contributed by atoms with Crippen molar-refractivity contribution in [2.75, 3.05) is 0 Å². The maximum Gasteiger partial charge on any atom is 0.313 e. The van der Waals surface area contributed by atoms with Gasteiger partial charge in [-0.15, -0.1) is 0 Å². The van der Waals surface area contributed by atoms with Crippen molar-refractivity contribution in [3.8, 4) is 0 Å². The summed E-state index contributed by atoms with van der Waals surface area (Å²) in [6.07, 6.45) is 6.28. The third-order valence-electron chi connectivity index (χ3n) is 7.24. The molecule has 154 valence electrons. The Morgan fingerprint density at radius 3 is 2.37 bits per heavy atom. The Bertz CT molecular complexity index is 573. The highest BCUT2D eigenvalue weighted by molar-refractivity contribution is 6.73. The fourth-order valence-electron chi connectivity index (χ4n) is 5.46. The number of carbonyl (C=O) groups is 2. The summed E-state index contributed by atoms with van der Waals surface area (Å²) in [5.41, 5.74) is 1.27. The molecule has 2 aliphatic rings. The number of carbonyl (C=O) groups excluding carboxylic acids is 2. The molecule has 2 aliphatic carbocycles. The van der Waals surface area contributed by atoms with E-state index in [1.165, 1.54) is 12.5 Å². The predicted molar refractivity (Wildman–Crippen MR) is 111 cm³/mol. The normalized spacial score (nSPS) is 32.4. The molecule has 2 saturated carbocycles. The highest BCUT2D eigenvalue weighted by Gasteiger charge is 2.54. The monoisotopic (exact) mass is 394 g/mol. The standard InChI is InChI=1S/C22H38O4Si/c1-7-17-20(25-21(24)14-16(5)23)15-18-19(12-11-13-22(17,18)6)26-27(8-2,9-3)10-4/h7,18-20H,8-15H2,1-6H3/b17-7-/t18-,19-,20+,22+/m0/s1. The van der Waals surface area contributed by atoms with Crippen LogP contribution in [0.15, 0.2) is 11.6 Å². The summed E-state index contributed by atoms with van der Waals surface area (Å²) in [5, 5.41) is 0. The minimum atomic E-state index is -1.68. The van der Waals surface area contributed by atoms with Crippen LogP contribution in [0, 0.1) is 11.3 Å². The van der Waals surface area contributed by atoms with E-state index in [0.717, 1.165) is 43.8 Å². The largest absolute Gasteiger partial charge is 0.457 e. The van der Waals surface area contributed by atoms with E-state index in [1.54, 1.807) is 0 Å². The predicted octanol–water partition coefficient (Wildman–Crippen LogP) is 5.42. The summed E-state index contributed by atoms with van der Waals surface area (Å²) in [6.45, 7) is 12.6. The van der Waals surface area contributed by atoms with Crippen molar-refractivity contribution in [3.63, 3.8) is 0 Å². The lowest BCUT2D eigenvalue weighted by atomic mass is 9.66. The first kappa shape index (κ1) is 22.3. The number of hydrogen-bond donors (Lipinski definition) is 0. The van der Waals surface area contributed by atoms with Crippen LogP contribution in [0.4, 0.5) is 0 Å². The van der Waals surface area contributed by atoms with Crippen LogP contribution in [0.5, 0.6) is 0 Å². The van der Waals surface area contributed by atoms with E-state index >= 15 is 0 Å². The first-order chi connectivity index (χ1) is 12.7. The lowest BCUT2D eigenvalue weighted by Gasteiger charge is -2.45. The quantitative estimate of drug-likeness (QED) is 0.239. The van der Waals surface area contributed by atoms with Gasteiger partial charge in [0.1, 0.15) is 18.3 Å². The number of esters is 1. The molecule has 4 atom stereocenters. The van der Waals surface area contributed by atoms with Crippen molar-refractivity contribution in [2.24, 2.45) is 11.3 Å². The van der Waals surface area contributed by atoms with E-state index in [0.29, 0.717) is 5.92 Å². The number of ether oxygens (including phenoxy) is 1. The van der Waals surface area contributed by atoms with Crippen molar-refractivity contribution in [3.05, 3.63) is 11.6 Å². The van der Waals surface area contributed by atoms with Gasteiger partial charge in [-0.2, -0.15) is 0 Å². The van der Waals surface area contributed by atoms with Crippen LogP contribution in [0.1, 0.15) is 73.6 Å². The number of rotatable bonds is 8. The van der Waals surface area contributed by atoms with E-state index in [4.69, 9.17) is 9.16 Å². The lowest BCUT2D eigenvalue weighted by Crippen LogP contribution is -2.47. The Morgan fingerprint density at radius 1 is 1.22 bits per heavy atom. The molecular weight excluding hydrogens is 356 g/mol. The molecule has 0 N–H and O–H groups in total. The molecule has 2 rings (SSSR count). The maximum absolute atomic E-state index is 12.1. The summed E-state index contributed by atoms with van der Waals surface area (Å²) in [6, 6.07) is 3.48. The fraction of sp³-hybridized carbons (Fsp3) is 0.818. The van der Waals surface area contributed by atoms with Gasteiger partial charge in [0.2, 0.25) is 0 Å². The molecule has 0 aromatic heterocycles. The molecule has 0 aromatic carbocycles. The Hall–Kier alpha value is -0.943. The number of Topliss-reactive ketones (excluding diaryl/α,β-unsaturated/α-hetero) is 1. The second-order valence-electron chi connectivity index (χ2n) is 8.65. The summed E-state index contributed by atoms with van der Waals surface area (Å²) < 4.78 is 12.7. The Labute approximate surface area is 166 Å². The third kappa shape index (κ3) is 4.56. The zero-order valence-electron chi connectivity index (χ0n) is 18.1. The first-order valence-electron chi connectivity index (χ1n) is 10.8. The van der Waals surface area contributed by atoms with Crippen molar-refractivity contribution in [2.45, 2.75) is 104 Å². The second-order valence-corrected chi connectivity index (χ2v) is 13.4. The molecule has 0 unspecified atom stereocenters. The van der Waals surface area contributed by atoms with Gasteiger partial charge in [-0.1, -0.05) is 40.2 Å². The lowest BCUT2D eigenvalue weighted by molar-refractivity contribution is -0.149. The Balaban J connectivity index is 2.23. The topological polar surface area (TPSA) is 52.6 Å². The van der Waals surface area contributed by atoms with Gasteiger partial charge in [-0.3, -0.25) is 9.59 Å². The number of ketones is 1. The Morgan fingerprint density at radius 2 is 1.85 bits per heavy atom. The second kappa shape index (κ2) is 9.04. The fourth-order valence-corrected chi connectivity index (χ4v) is 8.38. The molecule has 0 radical (unpaired) electrons. The van der Waals surface area contributed by atoms with Crippen molar-refractivity contribution in [1.29, 1.82) is 0 Å². The number of fused-ring (bicyclic) bond motifs is 1.